The van der Waals surface area contributed by atoms with Crippen molar-refractivity contribution in [2.24, 2.45) is 0 Å². The lowest BCUT2D eigenvalue weighted by Crippen LogP contribution is -2.12. The van der Waals surface area contributed by atoms with Crippen LogP contribution in [0.25, 0.3) is 0 Å². The molecule has 0 aliphatic carbocycles. The maximum Gasteiger partial charge on any atom is 0.271 e. The molecule has 1 aromatic carbocycles. The maximum absolute atomic E-state index is 12.2. The molecule has 0 saturated carbocycles. The number of hydrogen-bond acceptors (Lipinski definition) is 4. The van der Waals surface area contributed by atoms with E-state index in [0.29, 0.717) is 15.7 Å². The van der Waals surface area contributed by atoms with E-state index < -0.39 is 10.0 Å². The predicted molar refractivity (Wildman–Crippen MR) is 79.9 cm³/mol. The third-order valence-electron chi connectivity index (χ3n) is 2.44. The van der Waals surface area contributed by atoms with Gasteiger partial charge in [0.1, 0.15) is 4.21 Å². The van der Waals surface area contributed by atoms with Crippen molar-refractivity contribution >= 4 is 43.0 Å². The third-order valence-corrected chi connectivity index (χ3v) is 5.99. The molecule has 0 spiro atoms. The van der Waals surface area contributed by atoms with Gasteiger partial charge in [0.25, 0.3) is 10.0 Å². The smallest absolute Gasteiger partial charge is 0.271 e. The van der Waals surface area contributed by atoms with Gasteiger partial charge in [-0.2, -0.15) is 0 Å². The Balaban J connectivity index is 2.33. The average molecular weight is 362 g/mol. The van der Waals surface area contributed by atoms with Crippen LogP contribution in [0.4, 0.5) is 5.69 Å². The van der Waals surface area contributed by atoms with Gasteiger partial charge in [-0.3, -0.25) is 4.72 Å². The standard InChI is InChI=1S/C12H12BrNO3S2/c1-8-2-3-10(13)11(4-8)14-19(16,17)12-5-9(6-15)7-18-12/h2-5,7,14-15H,6H2,1H3. The Morgan fingerprint density at radius 2 is 2.11 bits per heavy atom. The van der Waals surface area contributed by atoms with E-state index in [9.17, 15) is 8.42 Å². The molecule has 0 aliphatic rings. The summed E-state index contributed by atoms with van der Waals surface area (Å²) in [6, 6.07) is 6.90. The van der Waals surface area contributed by atoms with Crippen LogP contribution in [0.15, 0.2) is 38.3 Å². The summed E-state index contributed by atoms with van der Waals surface area (Å²) in [4.78, 5) is 0. The number of halogens is 1. The van der Waals surface area contributed by atoms with Gasteiger partial charge in [-0.15, -0.1) is 11.3 Å². The van der Waals surface area contributed by atoms with Gasteiger partial charge in [0.15, 0.2) is 0 Å². The van der Waals surface area contributed by atoms with E-state index in [0.717, 1.165) is 16.9 Å². The number of aliphatic hydroxyl groups is 1. The lowest BCUT2D eigenvalue weighted by atomic mass is 10.2. The second kappa shape index (κ2) is 5.62. The van der Waals surface area contributed by atoms with E-state index in [-0.39, 0.29) is 10.8 Å². The molecule has 2 N–H and O–H groups in total. The van der Waals surface area contributed by atoms with E-state index >= 15 is 0 Å². The second-order valence-electron chi connectivity index (χ2n) is 4.02. The summed E-state index contributed by atoms with van der Waals surface area (Å²) in [6.07, 6.45) is 0. The lowest BCUT2D eigenvalue weighted by Gasteiger charge is -2.09. The fourth-order valence-electron chi connectivity index (χ4n) is 1.49. The summed E-state index contributed by atoms with van der Waals surface area (Å²) in [5, 5.41) is 10.6. The summed E-state index contributed by atoms with van der Waals surface area (Å²) >= 11 is 4.40. The van der Waals surface area contributed by atoms with Gasteiger partial charge in [0, 0.05) is 4.47 Å². The van der Waals surface area contributed by atoms with Gasteiger partial charge in [0.2, 0.25) is 0 Å². The molecule has 0 radical (unpaired) electrons. The molecule has 0 aliphatic heterocycles. The number of rotatable bonds is 4. The Hall–Kier alpha value is -0.890. The number of benzene rings is 1. The Morgan fingerprint density at radius 3 is 2.74 bits per heavy atom. The summed E-state index contributed by atoms with van der Waals surface area (Å²) < 4.78 is 27.8. The first-order valence-electron chi connectivity index (χ1n) is 5.39. The second-order valence-corrected chi connectivity index (χ2v) is 7.70. The number of aryl methyl sites for hydroxylation is 1. The van der Waals surface area contributed by atoms with Crippen molar-refractivity contribution in [3.8, 4) is 0 Å². The minimum absolute atomic E-state index is 0.167. The fraction of sp³-hybridized carbons (Fsp3) is 0.167. The van der Waals surface area contributed by atoms with E-state index in [1.807, 2.05) is 13.0 Å². The first-order valence-corrected chi connectivity index (χ1v) is 8.55. The van der Waals surface area contributed by atoms with Crippen LogP contribution in [-0.2, 0) is 16.6 Å². The molecule has 0 fully saturated rings. The molecule has 0 atom stereocenters. The summed E-state index contributed by atoms with van der Waals surface area (Å²) in [5.41, 5.74) is 2.05. The SMILES string of the molecule is Cc1ccc(Br)c(NS(=O)(=O)c2cc(CO)cs2)c1. The van der Waals surface area contributed by atoms with E-state index in [4.69, 9.17) is 5.11 Å². The predicted octanol–water partition coefficient (Wildman–Crippen LogP) is 3.11. The Labute approximate surface area is 124 Å². The number of aliphatic hydroxyl groups excluding tert-OH is 1. The first kappa shape index (κ1) is 14.5. The van der Waals surface area contributed by atoms with Crippen molar-refractivity contribution in [2.75, 3.05) is 4.72 Å². The Bertz CT molecular complexity index is 695. The van der Waals surface area contributed by atoms with Crippen LogP contribution < -0.4 is 4.72 Å². The van der Waals surface area contributed by atoms with Gasteiger partial charge in [-0.1, -0.05) is 6.07 Å². The molecule has 7 heteroatoms. The number of nitrogens with one attached hydrogen (secondary N) is 1. The molecule has 2 rings (SSSR count). The fourth-order valence-corrected chi connectivity index (χ4v) is 4.24. The zero-order valence-electron chi connectivity index (χ0n) is 10.1. The number of thiophene rings is 1. The highest BCUT2D eigenvalue weighted by atomic mass is 79.9. The van der Waals surface area contributed by atoms with Gasteiger partial charge in [-0.25, -0.2) is 8.42 Å². The number of sulfonamides is 1. The Morgan fingerprint density at radius 1 is 1.37 bits per heavy atom. The summed E-state index contributed by atoms with van der Waals surface area (Å²) in [6.45, 7) is 1.72. The average Bonchev–Trinajstić information content (AvgIpc) is 2.83. The van der Waals surface area contributed by atoms with Crippen LogP contribution in [0.5, 0.6) is 0 Å². The van der Waals surface area contributed by atoms with Crippen LogP contribution in [0.2, 0.25) is 0 Å². The van der Waals surface area contributed by atoms with E-state index in [1.165, 1.54) is 6.07 Å². The largest absolute Gasteiger partial charge is 0.392 e. The number of hydrogen-bond donors (Lipinski definition) is 2. The van der Waals surface area contributed by atoms with Crippen molar-refractivity contribution in [1.29, 1.82) is 0 Å². The third kappa shape index (κ3) is 3.36. The molecular weight excluding hydrogens is 350 g/mol. The highest BCUT2D eigenvalue weighted by molar-refractivity contribution is 9.10. The first-order chi connectivity index (χ1) is 8.92. The van der Waals surface area contributed by atoms with Crippen molar-refractivity contribution in [3.63, 3.8) is 0 Å². The molecule has 4 nitrogen and oxygen atoms in total. The zero-order valence-corrected chi connectivity index (χ0v) is 13.3. The minimum atomic E-state index is -3.61. The summed E-state index contributed by atoms with van der Waals surface area (Å²) in [7, 11) is -3.61. The molecule has 0 unspecified atom stereocenters. The quantitative estimate of drug-likeness (QED) is 0.878. The minimum Gasteiger partial charge on any atom is -0.392 e. The molecule has 102 valence electrons. The number of anilines is 1. The van der Waals surface area contributed by atoms with Gasteiger partial charge >= 0.3 is 0 Å². The van der Waals surface area contributed by atoms with Gasteiger partial charge < -0.3 is 5.11 Å². The van der Waals surface area contributed by atoms with E-state index in [1.54, 1.807) is 17.5 Å². The lowest BCUT2D eigenvalue weighted by molar-refractivity contribution is 0.282. The maximum atomic E-state index is 12.2. The van der Waals surface area contributed by atoms with Crippen molar-refractivity contribution in [2.45, 2.75) is 17.7 Å². The van der Waals surface area contributed by atoms with Crippen molar-refractivity contribution in [1.82, 2.24) is 0 Å². The molecular formula is C12H12BrNO3S2. The molecule has 0 amide bonds. The van der Waals surface area contributed by atoms with Crippen LogP contribution >= 0.6 is 27.3 Å². The van der Waals surface area contributed by atoms with Crippen LogP contribution in [0.1, 0.15) is 11.1 Å². The van der Waals surface area contributed by atoms with Crippen molar-refractivity contribution < 1.29 is 13.5 Å². The molecule has 0 saturated heterocycles. The zero-order chi connectivity index (χ0) is 14.0. The summed E-state index contributed by atoms with van der Waals surface area (Å²) in [5.74, 6) is 0. The molecule has 1 aromatic heterocycles. The monoisotopic (exact) mass is 361 g/mol. The highest BCUT2D eigenvalue weighted by Crippen LogP contribution is 2.28. The van der Waals surface area contributed by atoms with Crippen LogP contribution in [0.3, 0.4) is 0 Å². The van der Waals surface area contributed by atoms with Crippen LogP contribution in [-0.4, -0.2) is 13.5 Å². The Kier molecular flexibility index (Phi) is 4.29. The topological polar surface area (TPSA) is 66.4 Å². The van der Waals surface area contributed by atoms with E-state index in [2.05, 4.69) is 20.7 Å². The molecule has 0 bridgehead atoms. The van der Waals surface area contributed by atoms with Crippen molar-refractivity contribution in [3.05, 3.63) is 45.2 Å². The molecule has 19 heavy (non-hydrogen) atoms. The van der Waals surface area contributed by atoms with Gasteiger partial charge in [0.05, 0.1) is 12.3 Å². The molecule has 2 aromatic rings. The highest BCUT2D eigenvalue weighted by Gasteiger charge is 2.18. The normalized spacial score (nSPS) is 11.5. The van der Waals surface area contributed by atoms with Crippen LogP contribution in [0, 0.1) is 6.92 Å². The molecule has 1 heterocycles. The van der Waals surface area contributed by atoms with Gasteiger partial charge in [-0.05, 0) is 57.6 Å².